The molecule has 1 aromatic rings. The molecule has 1 heterocycles. The van der Waals surface area contributed by atoms with Gasteiger partial charge in [0.05, 0.1) is 3.79 Å². The summed E-state index contributed by atoms with van der Waals surface area (Å²) in [5, 5.41) is 3.29. The molecule has 0 radical (unpaired) electrons. The van der Waals surface area contributed by atoms with Crippen molar-refractivity contribution in [2.75, 3.05) is 13.6 Å². The summed E-state index contributed by atoms with van der Waals surface area (Å²) in [4.78, 5) is 1.47. The second kappa shape index (κ2) is 5.46. The first kappa shape index (κ1) is 13.2. The van der Waals surface area contributed by atoms with Crippen molar-refractivity contribution < 1.29 is 0 Å². The number of thiophene rings is 1. The Hall–Kier alpha value is 0.140. The van der Waals surface area contributed by atoms with Gasteiger partial charge in [-0.2, -0.15) is 0 Å². The second-order valence-corrected chi connectivity index (χ2v) is 7.58. The van der Waals surface area contributed by atoms with E-state index in [1.54, 1.807) is 0 Å². The van der Waals surface area contributed by atoms with Gasteiger partial charge in [0.15, 0.2) is 0 Å². The minimum absolute atomic E-state index is 0.361. The van der Waals surface area contributed by atoms with Crippen molar-refractivity contribution in [2.24, 2.45) is 11.3 Å². The van der Waals surface area contributed by atoms with Crippen molar-refractivity contribution in [3.8, 4) is 0 Å². The Kier molecular flexibility index (Phi) is 4.81. The number of hydrogen-bond acceptors (Lipinski definition) is 2. The zero-order valence-corrected chi connectivity index (χ0v) is 12.3. The van der Waals surface area contributed by atoms with Crippen molar-refractivity contribution >= 4 is 27.3 Å². The van der Waals surface area contributed by atoms with E-state index in [2.05, 4.69) is 54.2 Å². The summed E-state index contributed by atoms with van der Waals surface area (Å²) in [7, 11) is 2.03. The van der Waals surface area contributed by atoms with Gasteiger partial charge in [0, 0.05) is 4.88 Å². The Labute approximate surface area is 105 Å². The molecule has 86 valence electrons. The van der Waals surface area contributed by atoms with E-state index < -0.39 is 0 Å². The van der Waals surface area contributed by atoms with Crippen LogP contribution in [-0.2, 0) is 6.42 Å². The highest BCUT2D eigenvalue weighted by Gasteiger charge is 2.24. The van der Waals surface area contributed by atoms with Gasteiger partial charge >= 0.3 is 0 Å². The Morgan fingerprint density at radius 3 is 2.47 bits per heavy atom. The summed E-state index contributed by atoms with van der Waals surface area (Å²) >= 11 is 5.36. The first-order valence-corrected chi connectivity index (χ1v) is 6.93. The molecule has 15 heavy (non-hydrogen) atoms. The zero-order valence-electron chi connectivity index (χ0n) is 9.93. The standard InChI is InChI=1S/C12H20BrNS/c1-12(2,3)9(8-14-4)7-10-5-6-11(13)15-10/h5-6,9,14H,7-8H2,1-4H3. The highest BCUT2D eigenvalue weighted by atomic mass is 79.9. The summed E-state index contributed by atoms with van der Waals surface area (Å²) < 4.78 is 1.23. The number of halogens is 1. The Balaban J connectivity index is 2.66. The van der Waals surface area contributed by atoms with E-state index >= 15 is 0 Å². The molecule has 1 unspecified atom stereocenters. The van der Waals surface area contributed by atoms with Gasteiger partial charge in [-0.3, -0.25) is 0 Å². The van der Waals surface area contributed by atoms with E-state index in [9.17, 15) is 0 Å². The fourth-order valence-corrected chi connectivity index (χ4v) is 3.20. The van der Waals surface area contributed by atoms with Crippen LogP contribution in [-0.4, -0.2) is 13.6 Å². The van der Waals surface area contributed by atoms with Gasteiger partial charge in [-0.15, -0.1) is 11.3 Å². The van der Waals surface area contributed by atoms with Crippen LogP contribution in [0.4, 0.5) is 0 Å². The van der Waals surface area contributed by atoms with Gasteiger partial charge in [0.2, 0.25) is 0 Å². The Bertz CT molecular complexity index is 301. The molecule has 1 nitrogen and oxygen atoms in total. The molecule has 0 bridgehead atoms. The van der Waals surface area contributed by atoms with E-state index in [1.807, 2.05) is 18.4 Å². The first-order valence-electron chi connectivity index (χ1n) is 5.32. The third kappa shape index (κ3) is 4.25. The highest BCUT2D eigenvalue weighted by molar-refractivity contribution is 9.11. The van der Waals surface area contributed by atoms with Crippen molar-refractivity contribution in [1.29, 1.82) is 0 Å². The van der Waals surface area contributed by atoms with Crippen LogP contribution < -0.4 is 5.32 Å². The average molecular weight is 290 g/mol. The molecule has 0 saturated carbocycles. The molecule has 0 aliphatic heterocycles. The highest BCUT2D eigenvalue weighted by Crippen LogP contribution is 2.32. The van der Waals surface area contributed by atoms with Crippen molar-refractivity contribution in [2.45, 2.75) is 27.2 Å². The minimum atomic E-state index is 0.361. The van der Waals surface area contributed by atoms with Crippen LogP contribution in [0.1, 0.15) is 25.6 Å². The maximum Gasteiger partial charge on any atom is 0.0701 e. The third-order valence-corrected chi connectivity index (χ3v) is 4.40. The van der Waals surface area contributed by atoms with E-state index in [-0.39, 0.29) is 0 Å². The number of hydrogen-bond donors (Lipinski definition) is 1. The maximum atomic E-state index is 3.51. The smallest absolute Gasteiger partial charge is 0.0701 e. The zero-order chi connectivity index (χ0) is 11.5. The summed E-state index contributed by atoms with van der Waals surface area (Å²) in [6.07, 6.45) is 1.17. The lowest BCUT2D eigenvalue weighted by atomic mass is 9.78. The average Bonchev–Trinajstić information content (AvgIpc) is 2.49. The van der Waals surface area contributed by atoms with E-state index in [0.29, 0.717) is 11.3 Å². The molecule has 1 N–H and O–H groups in total. The maximum absolute atomic E-state index is 3.51. The molecule has 3 heteroatoms. The summed E-state index contributed by atoms with van der Waals surface area (Å²) in [5.74, 6) is 0.688. The molecule has 0 aromatic carbocycles. The molecule has 1 aromatic heterocycles. The van der Waals surface area contributed by atoms with Crippen molar-refractivity contribution in [3.05, 3.63) is 20.8 Å². The lowest BCUT2D eigenvalue weighted by Crippen LogP contribution is -2.31. The number of rotatable bonds is 4. The summed E-state index contributed by atoms with van der Waals surface area (Å²) in [5.41, 5.74) is 0.361. The van der Waals surface area contributed by atoms with Gasteiger partial charge in [0.1, 0.15) is 0 Å². The number of nitrogens with one attached hydrogen (secondary N) is 1. The van der Waals surface area contributed by atoms with Crippen molar-refractivity contribution in [1.82, 2.24) is 5.32 Å². The van der Waals surface area contributed by atoms with E-state index in [4.69, 9.17) is 0 Å². The van der Waals surface area contributed by atoms with Crippen LogP contribution in [0.2, 0.25) is 0 Å². The Morgan fingerprint density at radius 2 is 2.07 bits per heavy atom. The quantitative estimate of drug-likeness (QED) is 0.886. The largest absolute Gasteiger partial charge is 0.319 e. The predicted octanol–water partition coefficient (Wildman–Crippen LogP) is 3.93. The normalized spacial score (nSPS) is 14.2. The van der Waals surface area contributed by atoms with Gasteiger partial charge in [-0.25, -0.2) is 0 Å². The fourth-order valence-electron chi connectivity index (χ4n) is 1.64. The summed E-state index contributed by atoms with van der Waals surface area (Å²) in [6, 6.07) is 4.36. The molecule has 0 fully saturated rings. The van der Waals surface area contributed by atoms with Crippen LogP contribution in [0.3, 0.4) is 0 Å². The lowest BCUT2D eigenvalue weighted by Gasteiger charge is -2.30. The molecule has 0 aliphatic carbocycles. The van der Waals surface area contributed by atoms with Gasteiger partial charge in [-0.05, 0) is 59.4 Å². The Morgan fingerprint density at radius 1 is 1.40 bits per heavy atom. The van der Waals surface area contributed by atoms with Crippen LogP contribution in [0.15, 0.2) is 15.9 Å². The molecule has 0 amide bonds. The lowest BCUT2D eigenvalue weighted by molar-refractivity contribution is 0.236. The van der Waals surface area contributed by atoms with Gasteiger partial charge < -0.3 is 5.32 Å². The molecule has 0 aliphatic rings. The monoisotopic (exact) mass is 289 g/mol. The minimum Gasteiger partial charge on any atom is -0.319 e. The molecular weight excluding hydrogens is 270 g/mol. The molecular formula is C12H20BrNS. The van der Waals surface area contributed by atoms with Gasteiger partial charge in [0.25, 0.3) is 0 Å². The molecule has 0 spiro atoms. The van der Waals surface area contributed by atoms with E-state index in [0.717, 1.165) is 6.54 Å². The van der Waals surface area contributed by atoms with Crippen LogP contribution in [0, 0.1) is 11.3 Å². The third-order valence-electron chi connectivity index (χ3n) is 2.75. The fraction of sp³-hybridized carbons (Fsp3) is 0.667. The molecule has 1 rings (SSSR count). The van der Waals surface area contributed by atoms with Crippen LogP contribution in [0.5, 0.6) is 0 Å². The summed E-state index contributed by atoms with van der Waals surface area (Å²) in [6.45, 7) is 8.03. The second-order valence-electron chi connectivity index (χ2n) is 5.03. The first-order chi connectivity index (χ1) is 6.93. The topological polar surface area (TPSA) is 12.0 Å². The predicted molar refractivity (Wildman–Crippen MR) is 72.6 cm³/mol. The SMILES string of the molecule is CNCC(Cc1ccc(Br)s1)C(C)(C)C. The van der Waals surface area contributed by atoms with Crippen molar-refractivity contribution in [3.63, 3.8) is 0 Å². The van der Waals surface area contributed by atoms with Crippen LogP contribution >= 0.6 is 27.3 Å². The molecule has 0 saturated heterocycles. The molecule has 1 atom stereocenters. The van der Waals surface area contributed by atoms with E-state index in [1.165, 1.54) is 15.1 Å². The van der Waals surface area contributed by atoms with Crippen LogP contribution in [0.25, 0.3) is 0 Å². The van der Waals surface area contributed by atoms with Gasteiger partial charge in [-0.1, -0.05) is 20.8 Å².